The molecule has 4 nitrogen and oxygen atoms in total. The number of anilines is 1. The quantitative estimate of drug-likeness (QED) is 0.603. The van der Waals surface area contributed by atoms with Crippen LogP contribution in [-0.4, -0.2) is 28.2 Å². The van der Waals surface area contributed by atoms with E-state index in [0.717, 1.165) is 43.7 Å². The first-order valence-corrected chi connectivity index (χ1v) is 5.59. The van der Waals surface area contributed by atoms with Crippen molar-refractivity contribution in [3.05, 3.63) is 16.5 Å². The molecular weight excluding hydrogens is 214 g/mol. The summed E-state index contributed by atoms with van der Waals surface area (Å²) in [6.07, 6.45) is 3.86. The van der Waals surface area contributed by atoms with Crippen LogP contribution in [0.4, 0.5) is 5.82 Å². The highest BCUT2D eigenvalue weighted by atomic mass is 35.5. The molecule has 0 fully saturated rings. The van der Waals surface area contributed by atoms with Crippen LogP contribution in [-0.2, 0) is 12.8 Å². The Kier molecular flexibility index (Phi) is 3.38. The van der Waals surface area contributed by atoms with E-state index in [-0.39, 0.29) is 6.61 Å². The minimum absolute atomic E-state index is 0.188. The van der Waals surface area contributed by atoms with Crippen LogP contribution >= 0.6 is 11.6 Å². The Morgan fingerprint density at radius 3 is 3.00 bits per heavy atom. The number of aryl methyl sites for hydroxylation is 1. The maximum absolute atomic E-state index is 8.69. The van der Waals surface area contributed by atoms with E-state index in [9.17, 15) is 0 Å². The van der Waals surface area contributed by atoms with Gasteiger partial charge in [0.25, 0.3) is 0 Å². The maximum Gasteiger partial charge on any atom is 0.224 e. The van der Waals surface area contributed by atoms with E-state index in [1.54, 1.807) is 0 Å². The minimum atomic E-state index is 0.188. The second kappa shape index (κ2) is 4.77. The van der Waals surface area contributed by atoms with Gasteiger partial charge in [-0.15, -0.1) is 0 Å². The number of aliphatic hydroxyl groups excluding tert-OH is 1. The zero-order valence-corrected chi connectivity index (χ0v) is 9.22. The van der Waals surface area contributed by atoms with Gasteiger partial charge >= 0.3 is 0 Å². The smallest absolute Gasteiger partial charge is 0.224 e. The number of nitrogens with one attached hydrogen (secondary N) is 1. The van der Waals surface area contributed by atoms with E-state index in [4.69, 9.17) is 16.7 Å². The van der Waals surface area contributed by atoms with Crippen molar-refractivity contribution in [1.82, 2.24) is 9.97 Å². The van der Waals surface area contributed by atoms with Gasteiger partial charge in [-0.05, 0) is 37.3 Å². The molecule has 1 aromatic heterocycles. The Bertz CT molecular complexity index is 357. The van der Waals surface area contributed by atoms with Crippen LogP contribution < -0.4 is 5.32 Å². The summed E-state index contributed by atoms with van der Waals surface area (Å²) in [5.41, 5.74) is 2.26. The fraction of sp³-hybridized carbons (Fsp3) is 0.600. The Morgan fingerprint density at radius 2 is 2.20 bits per heavy atom. The van der Waals surface area contributed by atoms with Crippen molar-refractivity contribution < 1.29 is 5.11 Å². The average Bonchev–Trinajstić information content (AvgIpc) is 2.65. The first kappa shape index (κ1) is 10.6. The van der Waals surface area contributed by atoms with Crippen molar-refractivity contribution in [1.29, 1.82) is 0 Å². The predicted molar refractivity (Wildman–Crippen MR) is 59.3 cm³/mol. The SMILES string of the molecule is OCCCNc1nc(Cl)nc2c1CCC2. The van der Waals surface area contributed by atoms with Crippen LogP contribution in [0.5, 0.6) is 0 Å². The minimum Gasteiger partial charge on any atom is -0.396 e. The van der Waals surface area contributed by atoms with Gasteiger partial charge in [-0.1, -0.05) is 0 Å². The molecule has 2 rings (SSSR count). The molecule has 0 atom stereocenters. The Balaban J connectivity index is 2.15. The number of aromatic nitrogens is 2. The van der Waals surface area contributed by atoms with E-state index in [0.29, 0.717) is 5.28 Å². The van der Waals surface area contributed by atoms with Gasteiger partial charge in [0.1, 0.15) is 5.82 Å². The van der Waals surface area contributed by atoms with Crippen molar-refractivity contribution in [3.63, 3.8) is 0 Å². The summed E-state index contributed by atoms with van der Waals surface area (Å²) in [4.78, 5) is 8.39. The van der Waals surface area contributed by atoms with Crippen LogP contribution in [0.2, 0.25) is 5.28 Å². The summed E-state index contributed by atoms with van der Waals surface area (Å²) in [6.45, 7) is 0.907. The van der Waals surface area contributed by atoms with Gasteiger partial charge in [0.15, 0.2) is 0 Å². The fourth-order valence-corrected chi connectivity index (χ4v) is 2.02. The van der Waals surface area contributed by atoms with E-state index in [1.807, 2.05) is 0 Å². The molecule has 0 bridgehead atoms. The summed E-state index contributed by atoms with van der Waals surface area (Å²) in [6, 6.07) is 0. The maximum atomic E-state index is 8.69. The lowest BCUT2D eigenvalue weighted by atomic mass is 10.2. The summed E-state index contributed by atoms with van der Waals surface area (Å²) >= 11 is 5.83. The highest BCUT2D eigenvalue weighted by Crippen LogP contribution is 2.27. The molecule has 0 unspecified atom stereocenters. The fourth-order valence-electron chi connectivity index (χ4n) is 1.83. The molecule has 1 aliphatic carbocycles. The zero-order valence-electron chi connectivity index (χ0n) is 8.46. The molecule has 0 aliphatic heterocycles. The lowest BCUT2D eigenvalue weighted by Gasteiger charge is -2.09. The van der Waals surface area contributed by atoms with Crippen LogP contribution in [0.15, 0.2) is 0 Å². The largest absolute Gasteiger partial charge is 0.396 e. The van der Waals surface area contributed by atoms with Crippen LogP contribution in [0.25, 0.3) is 0 Å². The van der Waals surface area contributed by atoms with E-state index < -0.39 is 0 Å². The van der Waals surface area contributed by atoms with Gasteiger partial charge in [-0.2, -0.15) is 0 Å². The van der Waals surface area contributed by atoms with Crippen LogP contribution in [0, 0.1) is 0 Å². The van der Waals surface area contributed by atoms with E-state index in [1.165, 1.54) is 5.56 Å². The van der Waals surface area contributed by atoms with Crippen molar-refractivity contribution >= 4 is 17.4 Å². The molecule has 0 radical (unpaired) electrons. The summed E-state index contributed by atoms with van der Waals surface area (Å²) in [5, 5.41) is 12.2. The van der Waals surface area contributed by atoms with Gasteiger partial charge < -0.3 is 10.4 Å². The third-order valence-electron chi connectivity index (χ3n) is 2.53. The molecule has 15 heavy (non-hydrogen) atoms. The molecule has 0 saturated carbocycles. The molecular formula is C10H14ClN3O. The summed E-state index contributed by atoms with van der Waals surface area (Å²) < 4.78 is 0. The number of nitrogens with zero attached hydrogens (tertiary/aromatic N) is 2. The number of fused-ring (bicyclic) bond motifs is 1. The third-order valence-corrected chi connectivity index (χ3v) is 2.70. The van der Waals surface area contributed by atoms with Crippen molar-refractivity contribution in [2.75, 3.05) is 18.5 Å². The van der Waals surface area contributed by atoms with Gasteiger partial charge in [0, 0.05) is 18.7 Å². The molecule has 5 heteroatoms. The average molecular weight is 228 g/mol. The molecule has 0 aromatic carbocycles. The zero-order chi connectivity index (χ0) is 10.7. The summed E-state index contributed by atoms with van der Waals surface area (Å²) in [5.74, 6) is 0.843. The molecule has 0 spiro atoms. The molecule has 2 N–H and O–H groups in total. The standard InChI is InChI=1S/C10H14ClN3O/c11-10-13-8-4-1-3-7(8)9(14-10)12-5-2-6-15/h15H,1-6H2,(H,12,13,14). The van der Waals surface area contributed by atoms with Gasteiger partial charge in [-0.3, -0.25) is 0 Å². The monoisotopic (exact) mass is 227 g/mol. The molecule has 82 valence electrons. The van der Waals surface area contributed by atoms with Crippen molar-refractivity contribution in [3.8, 4) is 0 Å². The molecule has 1 aromatic rings. The van der Waals surface area contributed by atoms with E-state index >= 15 is 0 Å². The topological polar surface area (TPSA) is 58.0 Å². The molecule has 0 amide bonds. The van der Waals surface area contributed by atoms with Crippen molar-refractivity contribution in [2.24, 2.45) is 0 Å². The number of halogens is 1. The molecule has 1 heterocycles. The highest BCUT2D eigenvalue weighted by Gasteiger charge is 2.18. The molecule has 0 saturated heterocycles. The normalized spacial score (nSPS) is 14.0. The van der Waals surface area contributed by atoms with E-state index in [2.05, 4.69) is 15.3 Å². The lowest BCUT2D eigenvalue weighted by molar-refractivity contribution is 0.292. The number of hydrogen-bond acceptors (Lipinski definition) is 4. The second-order valence-corrected chi connectivity index (χ2v) is 3.96. The lowest BCUT2D eigenvalue weighted by Crippen LogP contribution is -2.08. The van der Waals surface area contributed by atoms with Crippen molar-refractivity contribution in [2.45, 2.75) is 25.7 Å². The highest BCUT2D eigenvalue weighted by molar-refractivity contribution is 6.28. The predicted octanol–water partition coefficient (Wildman–Crippen LogP) is 1.41. The third kappa shape index (κ3) is 2.38. The molecule has 1 aliphatic rings. The van der Waals surface area contributed by atoms with Gasteiger partial charge in [0.05, 0.1) is 5.69 Å². The summed E-state index contributed by atoms with van der Waals surface area (Å²) in [7, 11) is 0. The number of rotatable bonds is 4. The number of aliphatic hydroxyl groups is 1. The first-order valence-electron chi connectivity index (χ1n) is 5.21. The van der Waals surface area contributed by atoms with Gasteiger partial charge in [0.2, 0.25) is 5.28 Å². The second-order valence-electron chi connectivity index (χ2n) is 3.62. The number of hydrogen-bond donors (Lipinski definition) is 2. The van der Waals surface area contributed by atoms with Gasteiger partial charge in [-0.25, -0.2) is 9.97 Å². The first-order chi connectivity index (χ1) is 7.31. The van der Waals surface area contributed by atoms with Crippen LogP contribution in [0.1, 0.15) is 24.1 Å². The Labute approximate surface area is 93.7 Å². The Hall–Kier alpha value is -0.870. The Morgan fingerprint density at radius 1 is 1.33 bits per heavy atom. The van der Waals surface area contributed by atoms with Crippen LogP contribution in [0.3, 0.4) is 0 Å².